The van der Waals surface area contributed by atoms with Crippen molar-refractivity contribution in [3.05, 3.63) is 83.9 Å². The van der Waals surface area contributed by atoms with E-state index < -0.39 is 0 Å². The molecule has 0 spiro atoms. The molecular weight excluding hydrogens is 396 g/mol. The molecule has 0 saturated heterocycles. The zero-order valence-electron chi connectivity index (χ0n) is 16.6. The zero-order valence-corrected chi connectivity index (χ0v) is 17.4. The van der Waals surface area contributed by atoms with Crippen LogP contribution in [0.2, 0.25) is 0 Å². The fraction of sp³-hybridized carbons (Fsp3) is 0.167. The molecule has 1 heterocycles. The van der Waals surface area contributed by atoms with E-state index in [1.165, 1.54) is 17.3 Å². The Hall–Kier alpha value is -3.25. The van der Waals surface area contributed by atoms with Crippen molar-refractivity contribution >= 4 is 35.0 Å². The van der Waals surface area contributed by atoms with Crippen LogP contribution in [-0.4, -0.2) is 31.2 Å². The maximum Gasteiger partial charge on any atom is 0.255 e. The standard InChI is InChI=1S/C24H22N2O3S/c1-29-20-11-9-18(10-12-20)24(28)25-19-6-4-7-21(15-19)30-16-23(27)26-14-13-17-5-2-3-8-22(17)26/h2-12,15H,13-14,16H2,1H3,(H,25,28). The zero-order chi connectivity index (χ0) is 20.9. The van der Waals surface area contributed by atoms with E-state index >= 15 is 0 Å². The lowest BCUT2D eigenvalue weighted by Gasteiger charge is -2.17. The number of hydrogen-bond acceptors (Lipinski definition) is 4. The van der Waals surface area contributed by atoms with Crippen molar-refractivity contribution in [2.24, 2.45) is 0 Å². The number of fused-ring (bicyclic) bond motifs is 1. The Morgan fingerprint density at radius 3 is 2.63 bits per heavy atom. The Balaban J connectivity index is 1.36. The number of carbonyl (C=O) groups excluding carboxylic acids is 2. The molecule has 0 fully saturated rings. The molecule has 0 saturated carbocycles. The van der Waals surface area contributed by atoms with Crippen molar-refractivity contribution in [3.63, 3.8) is 0 Å². The van der Waals surface area contributed by atoms with Crippen LogP contribution in [0.3, 0.4) is 0 Å². The van der Waals surface area contributed by atoms with Gasteiger partial charge in [-0.15, -0.1) is 11.8 Å². The van der Waals surface area contributed by atoms with Gasteiger partial charge in [0.15, 0.2) is 0 Å². The fourth-order valence-electron chi connectivity index (χ4n) is 3.43. The summed E-state index contributed by atoms with van der Waals surface area (Å²) in [6.07, 6.45) is 0.902. The second kappa shape index (κ2) is 9.05. The number of anilines is 2. The molecule has 0 bridgehead atoms. The first-order chi connectivity index (χ1) is 14.6. The molecular formula is C24H22N2O3S. The third-order valence-electron chi connectivity index (χ3n) is 4.99. The summed E-state index contributed by atoms with van der Waals surface area (Å²) in [6, 6.07) is 22.5. The van der Waals surface area contributed by atoms with Crippen LogP contribution < -0.4 is 15.0 Å². The van der Waals surface area contributed by atoms with Gasteiger partial charge in [0.05, 0.1) is 12.9 Å². The van der Waals surface area contributed by atoms with Gasteiger partial charge in [0, 0.05) is 28.4 Å². The number of para-hydroxylation sites is 1. The first-order valence-corrected chi connectivity index (χ1v) is 10.7. The molecule has 3 aromatic carbocycles. The number of ether oxygens (including phenoxy) is 1. The Morgan fingerprint density at radius 1 is 1.03 bits per heavy atom. The van der Waals surface area contributed by atoms with Gasteiger partial charge in [0.25, 0.3) is 5.91 Å². The van der Waals surface area contributed by atoms with Gasteiger partial charge in [-0.3, -0.25) is 9.59 Å². The monoisotopic (exact) mass is 418 g/mol. The normalized spacial score (nSPS) is 12.4. The van der Waals surface area contributed by atoms with Crippen LogP contribution in [0, 0.1) is 0 Å². The number of benzene rings is 3. The minimum Gasteiger partial charge on any atom is -0.497 e. The van der Waals surface area contributed by atoms with Crippen molar-refractivity contribution in [2.75, 3.05) is 29.6 Å². The Kier molecular flexibility index (Phi) is 6.05. The van der Waals surface area contributed by atoms with Gasteiger partial charge in [-0.25, -0.2) is 0 Å². The molecule has 0 radical (unpaired) electrons. The average Bonchev–Trinajstić information content (AvgIpc) is 3.22. The quantitative estimate of drug-likeness (QED) is 0.593. The summed E-state index contributed by atoms with van der Waals surface area (Å²) < 4.78 is 5.12. The van der Waals surface area contributed by atoms with Gasteiger partial charge in [-0.2, -0.15) is 0 Å². The smallest absolute Gasteiger partial charge is 0.255 e. The van der Waals surface area contributed by atoms with E-state index in [9.17, 15) is 9.59 Å². The van der Waals surface area contributed by atoms with E-state index in [1.54, 1.807) is 31.4 Å². The van der Waals surface area contributed by atoms with Gasteiger partial charge in [-0.1, -0.05) is 24.3 Å². The van der Waals surface area contributed by atoms with Crippen LogP contribution in [0.15, 0.2) is 77.7 Å². The molecule has 5 nitrogen and oxygen atoms in total. The molecule has 1 aliphatic rings. The van der Waals surface area contributed by atoms with Gasteiger partial charge >= 0.3 is 0 Å². The summed E-state index contributed by atoms with van der Waals surface area (Å²) in [7, 11) is 1.59. The lowest BCUT2D eigenvalue weighted by atomic mass is 10.2. The Labute approximate surface area is 180 Å². The Morgan fingerprint density at radius 2 is 1.83 bits per heavy atom. The fourth-order valence-corrected chi connectivity index (χ4v) is 4.26. The molecule has 0 unspecified atom stereocenters. The van der Waals surface area contributed by atoms with Crippen LogP contribution in [0.4, 0.5) is 11.4 Å². The second-order valence-electron chi connectivity index (χ2n) is 6.92. The summed E-state index contributed by atoms with van der Waals surface area (Å²) in [5, 5.41) is 2.90. The van der Waals surface area contributed by atoms with Crippen LogP contribution in [0.5, 0.6) is 5.75 Å². The van der Waals surface area contributed by atoms with Crippen molar-refractivity contribution in [1.29, 1.82) is 0 Å². The van der Waals surface area contributed by atoms with Gasteiger partial charge in [0.1, 0.15) is 5.75 Å². The molecule has 6 heteroatoms. The average molecular weight is 419 g/mol. The molecule has 0 aromatic heterocycles. The van der Waals surface area contributed by atoms with Crippen molar-refractivity contribution in [2.45, 2.75) is 11.3 Å². The van der Waals surface area contributed by atoms with Crippen LogP contribution >= 0.6 is 11.8 Å². The highest BCUT2D eigenvalue weighted by Crippen LogP contribution is 2.29. The summed E-state index contributed by atoms with van der Waals surface area (Å²) in [4.78, 5) is 28.0. The number of rotatable bonds is 6. The molecule has 1 N–H and O–H groups in total. The molecule has 30 heavy (non-hydrogen) atoms. The lowest BCUT2D eigenvalue weighted by Crippen LogP contribution is -2.30. The van der Waals surface area contributed by atoms with Crippen LogP contribution in [0.25, 0.3) is 0 Å². The topological polar surface area (TPSA) is 58.6 Å². The first-order valence-electron chi connectivity index (χ1n) is 9.70. The van der Waals surface area contributed by atoms with Crippen LogP contribution in [0.1, 0.15) is 15.9 Å². The van der Waals surface area contributed by atoms with E-state index in [-0.39, 0.29) is 11.8 Å². The summed E-state index contributed by atoms with van der Waals surface area (Å²) in [6.45, 7) is 0.733. The SMILES string of the molecule is COc1ccc(C(=O)Nc2cccc(SCC(=O)N3CCc4ccccc43)c2)cc1. The number of thioether (sulfide) groups is 1. The van der Waals surface area contributed by atoms with Crippen molar-refractivity contribution < 1.29 is 14.3 Å². The van der Waals surface area contributed by atoms with E-state index in [0.717, 1.165) is 23.5 Å². The van der Waals surface area contributed by atoms with Gasteiger partial charge in [0.2, 0.25) is 5.91 Å². The molecule has 4 rings (SSSR count). The molecule has 3 aromatic rings. The minimum atomic E-state index is -0.190. The predicted octanol–water partition coefficient (Wildman–Crippen LogP) is 4.63. The predicted molar refractivity (Wildman–Crippen MR) is 121 cm³/mol. The maximum atomic E-state index is 12.7. The molecule has 0 atom stereocenters. The van der Waals surface area contributed by atoms with Crippen molar-refractivity contribution in [3.8, 4) is 5.75 Å². The lowest BCUT2D eigenvalue weighted by molar-refractivity contribution is -0.116. The number of carbonyl (C=O) groups is 2. The molecule has 152 valence electrons. The molecule has 1 aliphatic heterocycles. The second-order valence-corrected chi connectivity index (χ2v) is 7.97. The van der Waals surface area contributed by atoms with E-state index in [2.05, 4.69) is 11.4 Å². The summed E-state index contributed by atoms with van der Waals surface area (Å²) in [5.41, 5.74) is 3.49. The number of methoxy groups -OCH3 is 1. The highest BCUT2D eigenvalue weighted by Gasteiger charge is 2.23. The third kappa shape index (κ3) is 4.49. The highest BCUT2D eigenvalue weighted by atomic mass is 32.2. The van der Waals surface area contributed by atoms with E-state index in [0.29, 0.717) is 22.8 Å². The van der Waals surface area contributed by atoms with E-state index in [1.807, 2.05) is 47.4 Å². The highest BCUT2D eigenvalue weighted by molar-refractivity contribution is 8.00. The number of nitrogens with zero attached hydrogens (tertiary/aromatic N) is 1. The summed E-state index contributed by atoms with van der Waals surface area (Å²) >= 11 is 1.47. The van der Waals surface area contributed by atoms with Crippen molar-refractivity contribution in [1.82, 2.24) is 0 Å². The number of amides is 2. The summed E-state index contributed by atoms with van der Waals surface area (Å²) in [5.74, 6) is 0.960. The Bertz CT molecular complexity index is 1070. The number of nitrogens with one attached hydrogen (secondary N) is 1. The molecule has 0 aliphatic carbocycles. The number of hydrogen-bond donors (Lipinski definition) is 1. The molecule has 2 amide bonds. The largest absolute Gasteiger partial charge is 0.497 e. The maximum absolute atomic E-state index is 12.7. The first kappa shape index (κ1) is 20.0. The van der Waals surface area contributed by atoms with E-state index in [4.69, 9.17) is 4.74 Å². The third-order valence-corrected chi connectivity index (χ3v) is 5.97. The van der Waals surface area contributed by atoms with Gasteiger partial charge in [-0.05, 0) is 60.5 Å². The van der Waals surface area contributed by atoms with Gasteiger partial charge < -0.3 is 15.0 Å². The minimum absolute atomic E-state index is 0.0950. The van der Waals surface area contributed by atoms with Crippen LogP contribution in [-0.2, 0) is 11.2 Å².